The number of hydrogen-bond donors (Lipinski definition) is 0. The predicted octanol–water partition coefficient (Wildman–Crippen LogP) is 2.60. The zero-order valence-corrected chi connectivity index (χ0v) is 9.60. The average Bonchev–Trinajstić information content (AvgIpc) is 2.55. The zero-order chi connectivity index (χ0) is 11.3. The average molecular weight is 217 g/mol. The van der Waals surface area contributed by atoms with Crippen molar-refractivity contribution in [2.24, 2.45) is 11.3 Å². The molecule has 0 aliphatic heterocycles. The Morgan fingerprint density at radius 2 is 2.19 bits per heavy atom. The van der Waals surface area contributed by atoms with Gasteiger partial charge in [0.2, 0.25) is 5.89 Å². The molecule has 1 aromatic rings. The summed E-state index contributed by atoms with van der Waals surface area (Å²) in [6.07, 6.45) is 3.62. The monoisotopic (exact) mass is 217 g/mol. The lowest BCUT2D eigenvalue weighted by Crippen LogP contribution is -2.10. The van der Waals surface area contributed by atoms with Gasteiger partial charge in [-0.3, -0.25) is 0 Å². The highest BCUT2D eigenvalue weighted by Crippen LogP contribution is 2.63. The van der Waals surface area contributed by atoms with E-state index in [2.05, 4.69) is 30.1 Å². The number of nitrogens with zero attached hydrogens (tertiary/aromatic N) is 3. The molecule has 0 amide bonds. The quantitative estimate of drug-likeness (QED) is 0.763. The maximum absolute atomic E-state index is 9.01. The Bertz CT molecular complexity index is 453. The Labute approximate surface area is 94.6 Å². The van der Waals surface area contributed by atoms with E-state index < -0.39 is 0 Å². The van der Waals surface area contributed by atoms with Crippen molar-refractivity contribution in [1.29, 1.82) is 5.26 Å². The fourth-order valence-electron chi connectivity index (χ4n) is 2.55. The Balaban J connectivity index is 1.81. The first kappa shape index (κ1) is 9.83. The lowest BCUT2D eigenvalue weighted by Gasteiger charge is -2.20. The summed E-state index contributed by atoms with van der Waals surface area (Å²) in [4.78, 5) is 4.46. The first-order chi connectivity index (χ1) is 7.64. The molecule has 2 unspecified atom stereocenters. The molecule has 2 aliphatic rings. The van der Waals surface area contributed by atoms with Crippen molar-refractivity contribution in [3.8, 4) is 6.07 Å². The minimum atomic E-state index is -0.00182. The molecular weight excluding hydrogens is 202 g/mol. The van der Waals surface area contributed by atoms with E-state index in [-0.39, 0.29) is 17.3 Å². The van der Waals surface area contributed by atoms with Crippen LogP contribution in [0.3, 0.4) is 0 Å². The second-order valence-electron chi connectivity index (χ2n) is 5.52. The van der Waals surface area contributed by atoms with Gasteiger partial charge in [0.25, 0.3) is 0 Å². The highest BCUT2D eigenvalue weighted by atomic mass is 16.5. The smallest absolute Gasteiger partial charge is 0.231 e. The maximum Gasteiger partial charge on any atom is 0.231 e. The van der Waals surface area contributed by atoms with Crippen molar-refractivity contribution in [2.45, 2.75) is 44.9 Å². The normalized spacial score (nSPS) is 31.8. The number of rotatable bonds is 2. The summed E-state index contributed by atoms with van der Waals surface area (Å²) >= 11 is 0. The molecule has 0 aromatic carbocycles. The van der Waals surface area contributed by atoms with Gasteiger partial charge in [0, 0.05) is 5.92 Å². The lowest BCUT2D eigenvalue weighted by atomic mass is 9.85. The fourth-order valence-corrected chi connectivity index (χ4v) is 2.55. The Hall–Kier alpha value is -1.37. The van der Waals surface area contributed by atoms with Crippen LogP contribution in [0.15, 0.2) is 4.52 Å². The second kappa shape index (κ2) is 3.07. The van der Waals surface area contributed by atoms with Crippen LogP contribution >= 0.6 is 0 Å². The summed E-state index contributed by atoms with van der Waals surface area (Å²) in [5.74, 6) is 2.18. The minimum Gasteiger partial charge on any atom is -0.339 e. The molecule has 0 bridgehead atoms. The van der Waals surface area contributed by atoms with Gasteiger partial charge in [-0.1, -0.05) is 25.4 Å². The molecule has 1 heterocycles. The van der Waals surface area contributed by atoms with E-state index in [1.54, 1.807) is 0 Å². The van der Waals surface area contributed by atoms with E-state index in [1.165, 1.54) is 19.3 Å². The SMILES string of the molecule is CC1(C)C(C#N)C1c1nc(C2CCC2)no1. The van der Waals surface area contributed by atoms with E-state index in [9.17, 15) is 0 Å². The molecule has 2 saturated carbocycles. The predicted molar refractivity (Wildman–Crippen MR) is 56.5 cm³/mol. The number of nitriles is 1. The van der Waals surface area contributed by atoms with Gasteiger partial charge in [0.15, 0.2) is 5.82 Å². The van der Waals surface area contributed by atoms with Crippen LogP contribution in [0, 0.1) is 22.7 Å². The second-order valence-corrected chi connectivity index (χ2v) is 5.52. The van der Waals surface area contributed by atoms with Crippen LogP contribution in [0.25, 0.3) is 0 Å². The summed E-state index contributed by atoms with van der Waals surface area (Å²) in [7, 11) is 0. The van der Waals surface area contributed by atoms with E-state index in [1.807, 2.05) is 0 Å². The van der Waals surface area contributed by atoms with Crippen molar-refractivity contribution in [3.63, 3.8) is 0 Å². The van der Waals surface area contributed by atoms with E-state index in [0.717, 1.165) is 5.82 Å². The first-order valence-electron chi connectivity index (χ1n) is 5.87. The summed E-state index contributed by atoms with van der Waals surface area (Å²) in [6.45, 7) is 4.16. The van der Waals surface area contributed by atoms with Gasteiger partial charge in [-0.2, -0.15) is 10.2 Å². The van der Waals surface area contributed by atoms with Gasteiger partial charge in [-0.05, 0) is 18.3 Å². The van der Waals surface area contributed by atoms with Crippen LogP contribution in [0.1, 0.15) is 56.7 Å². The van der Waals surface area contributed by atoms with Crippen LogP contribution in [-0.2, 0) is 0 Å². The molecule has 2 aliphatic carbocycles. The molecule has 4 heteroatoms. The fraction of sp³-hybridized carbons (Fsp3) is 0.750. The molecule has 3 rings (SSSR count). The standard InChI is InChI=1S/C12H15N3O/c1-12(2)8(6-13)9(12)11-14-10(15-16-11)7-4-3-5-7/h7-9H,3-5H2,1-2H3. The molecule has 1 aromatic heterocycles. The van der Waals surface area contributed by atoms with Gasteiger partial charge in [0.1, 0.15) is 0 Å². The van der Waals surface area contributed by atoms with Crippen LogP contribution < -0.4 is 0 Å². The minimum absolute atomic E-state index is 0.00182. The molecule has 0 radical (unpaired) electrons. The first-order valence-corrected chi connectivity index (χ1v) is 5.87. The van der Waals surface area contributed by atoms with Gasteiger partial charge < -0.3 is 4.52 Å². The topological polar surface area (TPSA) is 62.7 Å². The van der Waals surface area contributed by atoms with Crippen molar-refractivity contribution in [1.82, 2.24) is 10.1 Å². The third kappa shape index (κ3) is 1.21. The van der Waals surface area contributed by atoms with Crippen LogP contribution in [0.4, 0.5) is 0 Å². The van der Waals surface area contributed by atoms with Crippen LogP contribution in [-0.4, -0.2) is 10.1 Å². The Morgan fingerprint density at radius 3 is 2.69 bits per heavy atom. The molecule has 84 valence electrons. The molecule has 0 N–H and O–H groups in total. The van der Waals surface area contributed by atoms with E-state index >= 15 is 0 Å². The molecular formula is C12H15N3O. The van der Waals surface area contributed by atoms with Crippen LogP contribution in [0.2, 0.25) is 0 Å². The molecule has 16 heavy (non-hydrogen) atoms. The third-order valence-electron chi connectivity index (χ3n) is 4.16. The number of aromatic nitrogens is 2. The van der Waals surface area contributed by atoms with Crippen molar-refractivity contribution in [3.05, 3.63) is 11.7 Å². The highest BCUT2D eigenvalue weighted by Gasteiger charge is 2.62. The van der Waals surface area contributed by atoms with E-state index in [4.69, 9.17) is 9.78 Å². The third-order valence-corrected chi connectivity index (χ3v) is 4.16. The highest BCUT2D eigenvalue weighted by molar-refractivity contribution is 5.26. The maximum atomic E-state index is 9.01. The molecule has 0 spiro atoms. The summed E-state index contributed by atoms with van der Waals surface area (Å²) < 4.78 is 5.30. The van der Waals surface area contributed by atoms with Gasteiger partial charge in [0.05, 0.1) is 17.9 Å². The number of hydrogen-bond acceptors (Lipinski definition) is 4. The zero-order valence-electron chi connectivity index (χ0n) is 9.60. The molecule has 2 fully saturated rings. The summed E-state index contributed by atoms with van der Waals surface area (Å²) in [6, 6.07) is 2.32. The summed E-state index contributed by atoms with van der Waals surface area (Å²) in [5.41, 5.74) is -0.00182. The van der Waals surface area contributed by atoms with Crippen molar-refractivity contribution in [2.75, 3.05) is 0 Å². The Morgan fingerprint density at radius 1 is 1.44 bits per heavy atom. The van der Waals surface area contributed by atoms with Crippen molar-refractivity contribution >= 4 is 0 Å². The molecule has 4 nitrogen and oxygen atoms in total. The van der Waals surface area contributed by atoms with E-state index in [0.29, 0.717) is 11.8 Å². The lowest BCUT2D eigenvalue weighted by molar-refractivity contribution is 0.342. The summed E-state index contributed by atoms with van der Waals surface area (Å²) in [5, 5.41) is 13.0. The Kier molecular flexibility index (Phi) is 1.88. The van der Waals surface area contributed by atoms with Crippen LogP contribution in [0.5, 0.6) is 0 Å². The van der Waals surface area contributed by atoms with Gasteiger partial charge in [-0.15, -0.1) is 0 Å². The molecule has 2 atom stereocenters. The molecule has 0 saturated heterocycles. The van der Waals surface area contributed by atoms with Gasteiger partial charge in [-0.25, -0.2) is 0 Å². The van der Waals surface area contributed by atoms with Crippen molar-refractivity contribution < 1.29 is 4.52 Å². The largest absolute Gasteiger partial charge is 0.339 e. The van der Waals surface area contributed by atoms with Gasteiger partial charge >= 0.3 is 0 Å².